The van der Waals surface area contributed by atoms with Crippen molar-refractivity contribution < 1.29 is 19.1 Å². The summed E-state index contributed by atoms with van der Waals surface area (Å²) in [7, 11) is 0. The van der Waals surface area contributed by atoms with Crippen LogP contribution in [0.25, 0.3) is 0 Å². The van der Waals surface area contributed by atoms with Crippen LogP contribution in [0.5, 0.6) is 11.5 Å². The maximum Gasteiger partial charge on any atom is 0.250 e. The van der Waals surface area contributed by atoms with Crippen LogP contribution < -0.4 is 14.8 Å². The first-order chi connectivity index (χ1) is 14.5. The molecule has 1 heterocycles. The van der Waals surface area contributed by atoms with Crippen LogP contribution in [0.4, 0.5) is 0 Å². The van der Waals surface area contributed by atoms with Crippen molar-refractivity contribution in [1.29, 1.82) is 0 Å². The number of hydrogen-bond acceptors (Lipinski definition) is 4. The smallest absolute Gasteiger partial charge is 0.250 e. The molecule has 2 aromatic rings. The van der Waals surface area contributed by atoms with E-state index in [4.69, 9.17) is 9.47 Å². The monoisotopic (exact) mass is 410 g/mol. The summed E-state index contributed by atoms with van der Waals surface area (Å²) in [6.45, 7) is 7.79. The highest BCUT2D eigenvalue weighted by Crippen LogP contribution is 2.34. The first-order valence-electron chi connectivity index (χ1n) is 10.5. The number of hydrogen-bond donors (Lipinski definition) is 1. The molecule has 0 saturated heterocycles. The van der Waals surface area contributed by atoms with Gasteiger partial charge in [0.25, 0.3) is 0 Å². The average molecular weight is 411 g/mol. The molecule has 0 bridgehead atoms. The van der Waals surface area contributed by atoms with Gasteiger partial charge in [-0.3, -0.25) is 9.59 Å². The molecule has 3 rings (SSSR count). The Bertz CT molecular complexity index is 867. The van der Waals surface area contributed by atoms with E-state index in [9.17, 15) is 9.59 Å². The van der Waals surface area contributed by atoms with Gasteiger partial charge in [-0.25, -0.2) is 0 Å². The number of ether oxygens (including phenoxy) is 2. The van der Waals surface area contributed by atoms with Crippen molar-refractivity contribution in [3.63, 3.8) is 0 Å². The number of para-hydroxylation sites is 1. The Morgan fingerprint density at radius 2 is 1.77 bits per heavy atom. The van der Waals surface area contributed by atoms with E-state index in [1.807, 2.05) is 69.3 Å². The molecule has 1 atom stereocenters. The number of benzene rings is 2. The van der Waals surface area contributed by atoms with Crippen molar-refractivity contribution in [2.75, 3.05) is 19.8 Å². The van der Waals surface area contributed by atoms with Gasteiger partial charge in [-0.1, -0.05) is 56.3 Å². The highest BCUT2D eigenvalue weighted by atomic mass is 16.6. The number of likely N-dealkylation sites (N-methyl/N-ethyl adjacent to an activating group) is 1. The molecule has 0 saturated carbocycles. The van der Waals surface area contributed by atoms with Crippen molar-refractivity contribution >= 4 is 11.8 Å². The standard InChI is InChI=1S/C24H30N2O4/c1-4-26(16-19-11-8-12-20-23(19)30-14-13-29-20)24(28)22(18-9-6-5-7-10-18)25-21(27)15-17(2)3/h5-12,17,22H,4,13-16H2,1-3H3,(H,25,27). The van der Waals surface area contributed by atoms with E-state index in [1.54, 1.807) is 4.90 Å². The van der Waals surface area contributed by atoms with E-state index in [0.29, 0.717) is 44.2 Å². The molecule has 1 aliphatic heterocycles. The average Bonchev–Trinajstić information content (AvgIpc) is 2.75. The van der Waals surface area contributed by atoms with Crippen LogP contribution in [0.3, 0.4) is 0 Å². The van der Waals surface area contributed by atoms with E-state index in [-0.39, 0.29) is 17.7 Å². The summed E-state index contributed by atoms with van der Waals surface area (Å²) in [6, 6.07) is 14.4. The maximum atomic E-state index is 13.5. The lowest BCUT2D eigenvalue weighted by atomic mass is 10.0. The van der Waals surface area contributed by atoms with Gasteiger partial charge in [-0.15, -0.1) is 0 Å². The number of carbonyl (C=O) groups is 2. The minimum absolute atomic E-state index is 0.128. The zero-order valence-electron chi connectivity index (χ0n) is 17.9. The van der Waals surface area contributed by atoms with E-state index < -0.39 is 6.04 Å². The first kappa shape index (κ1) is 21.7. The second-order valence-electron chi connectivity index (χ2n) is 7.80. The van der Waals surface area contributed by atoms with Crippen molar-refractivity contribution in [2.24, 2.45) is 5.92 Å². The summed E-state index contributed by atoms with van der Waals surface area (Å²) in [5, 5.41) is 2.94. The summed E-state index contributed by atoms with van der Waals surface area (Å²) < 4.78 is 11.5. The third-order valence-corrected chi connectivity index (χ3v) is 4.98. The molecule has 6 heteroatoms. The molecule has 0 spiro atoms. The Balaban J connectivity index is 1.84. The van der Waals surface area contributed by atoms with Crippen LogP contribution >= 0.6 is 0 Å². The van der Waals surface area contributed by atoms with E-state index in [1.165, 1.54) is 0 Å². The molecule has 160 valence electrons. The zero-order valence-corrected chi connectivity index (χ0v) is 17.9. The van der Waals surface area contributed by atoms with Gasteiger partial charge in [0.05, 0.1) is 0 Å². The van der Waals surface area contributed by atoms with Gasteiger partial charge >= 0.3 is 0 Å². The van der Waals surface area contributed by atoms with Crippen molar-refractivity contribution in [2.45, 2.75) is 39.8 Å². The summed E-state index contributed by atoms with van der Waals surface area (Å²) in [5.74, 6) is 1.33. The molecule has 6 nitrogen and oxygen atoms in total. The van der Waals surface area contributed by atoms with Gasteiger partial charge < -0.3 is 19.7 Å². The molecule has 1 unspecified atom stereocenters. The zero-order chi connectivity index (χ0) is 21.5. The van der Waals surface area contributed by atoms with E-state index in [0.717, 1.165) is 11.1 Å². The molecular weight excluding hydrogens is 380 g/mol. The Hall–Kier alpha value is -3.02. The van der Waals surface area contributed by atoms with Gasteiger partial charge in [0.15, 0.2) is 11.5 Å². The minimum atomic E-state index is -0.728. The van der Waals surface area contributed by atoms with Crippen molar-refractivity contribution in [1.82, 2.24) is 10.2 Å². The summed E-state index contributed by atoms with van der Waals surface area (Å²) in [4.78, 5) is 27.7. The number of rotatable bonds is 8. The minimum Gasteiger partial charge on any atom is -0.486 e. The Kier molecular flexibility index (Phi) is 7.33. The van der Waals surface area contributed by atoms with Crippen LogP contribution in [0.1, 0.15) is 44.4 Å². The number of nitrogens with zero attached hydrogens (tertiary/aromatic N) is 1. The maximum absolute atomic E-state index is 13.5. The summed E-state index contributed by atoms with van der Waals surface area (Å²) in [5.41, 5.74) is 1.66. The molecule has 0 aliphatic carbocycles. The number of amides is 2. The number of carbonyl (C=O) groups excluding carboxylic acids is 2. The van der Waals surface area contributed by atoms with Gasteiger partial charge in [0.1, 0.15) is 19.3 Å². The van der Waals surface area contributed by atoms with Crippen LogP contribution in [-0.2, 0) is 16.1 Å². The molecule has 1 N–H and O–H groups in total. The van der Waals surface area contributed by atoms with Crippen LogP contribution in [0.2, 0.25) is 0 Å². The fraction of sp³-hybridized carbons (Fsp3) is 0.417. The van der Waals surface area contributed by atoms with E-state index >= 15 is 0 Å². The lowest BCUT2D eigenvalue weighted by molar-refractivity contribution is -0.137. The third kappa shape index (κ3) is 5.32. The molecule has 30 heavy (non-hydrogen) atoms. The summed E-state index contributed by atoms with van der Waals surface area (Å²) >= 11 is 0. The highest BCUT2D eigenvalue weighted by molar-refractivity contribution is 5.88. The van der Waals surface area contributed by atoms with Gasteiger partial charge in [-0.2, -0.15) is 0 Å². The molecule has 1 aliphatic rings. The largest absolute Gasteiger partial charge is 0.486 e. The van der Waals surface area contributed by atoms with Crippen molar-refractivity contribution in [3.05, 3.63) is 59.7 Å². The van der Waals surface area contributed by atoms with Gasteiger partial charge in [-0.05, 0) is 24.5 Å². The summed E-state index contributed by atoms with van der Waals surface area (Å²) in [6.07, 6.45) is 0.375. The first-order valence-corrected chi connectivity index (χ1v) is 10.5. The quantitative estimate of drug-likeness (QED) is 0.720. The third-order valence-electron chi connectivity index (χ3n) is 4.98. The molecule has 0 radical (unpaired) electrons. The molecular formula is C24H30N2O4. The SMILES string of the molecule is CCN(Cc1cccc2c1OCCO2)C(=O)C(NC(=O)CC(C)C)c1ccccc1. The fourth-order valence-electron chi connectivity index (χ4n) is 3.52. The molecule has 2 amide bonds. The molecule has 0 fully saturated rings. The lowest BCUT2D eigenvalue weighted by Crippen LogP contribution is -2.43. The molecule has 0 aromatic heterocycles. The lowest BCUT2D eigenvalue weighted by Gasteiger charge is -2.29. The Morgan fingerprint density at radius 3 is 2.47 bits per heavy atom. The predicted octanol–water partition coefficient (Wildman–Crippen LogP) is 3.71. The van der Waals surface area contributed by atoms with Crippen LogP contribution in [-0.4, -0.2) is 36.5 Å². The normalized spacial score (nSPS) is 13.6. The predicted molar refractivity (Wildman–Crippen MR) is 115 cm³/mol. The fourth-order valence-corrected chi connectivity index (χ4v) is 3.52. The van der Waals surface area contributed by atoms with Gasteiger partial charge in [0.2, 0.25) is 11.8 Å². The Morgan fingerprint density at radius 1 is 1.03 bits per heavy atom. The topological polar surface area (TPSA) is 67.9 Å². The van der Waals surface area contributed by atoms with E-state index in [2.05, 4.69) is 5.32 Å². The van der Waals surface area contributed by atoms with Crippen molar-refractivity contribution in [3.8, 4) is 11.5 Å². The highest BCUT2D eigenvalue weighted by Gasteiger charge is 2.28. The molecule has 2 aromatic carbocycles. The number of nitrogens with one attached hydrogen (secondary N) is 1. The number of fused-ring (bicyclic) bond motifs is 1. The second kappa shape index (κ2) is 10.1. The Labute approximate surface area is 178 Å². The van der Waals surface area contributed by atoms with Crippen LogP contribution in [0.15, 0.2) is 48.5 Å². The van der Waals surface area contributed by atoms with Crippen LogP contribution in [0, 0.1) is 5.92 Å². The van der Waals surface area contributed by atoms with Gasteiger partial charge in [0, 0.05) is 25.1 Å². The second-order valence-corrected chi connectivity index (χ2v) is 7.80.